The maximum Gasteiger partial charge on any atom is 0.416 e. The molecule has 0 aliphatic rings. The number of aliphatic imine (C=N–C) groups is 1. The summed E-state index contributed by atoms with van der Waals surface area (Å²) in [5.41, 5.74) is -0.214. The second-order valence-corrected chi connectivity index (χ2v) is 5.29. The Morgan fingerprint density at radius 1 is 1.24 bits per heavy atom. The fraction of sp³-hybridized carbons (Fsp3) is 0.375. The van der Waals surface area contributed by atoms with Crippen molar-refractivity contribution in [1.29, 1.82) is 0 Å². The van der Waals surface area contributed by atoms with Crippen molar-refractivity contribution in [1.82, 2.24) is 20.4 Å². The summed E-state index contributed by atoms with van der Waals surface area (Å²) in [5.74, 6) is -0.567. The third-order valence-electron chi connectivity index (χ3n) is 3.49. The van der Waals surface area contributed by atoms with Crippen molar-refractivity contribution in [2.24, 2.45) is 12.0 Å². The zero-order valence-electron chi connectivity index (χ0n) is 13.9. The van der Waals surface area contributed by atoms with Gasteiger partial charge in [0.1, 0.15) is 5.82 Å². The lowest BCUT2D eigenvalue weighted by Crippen LogP contribution is -2.37. The lowest BCUT2D eigenvalue weighted by molar-refractivity contribution is -0.138. The first-order valence-corrected chi connectivity index (χ1v) is 7.66. The molecule has 9 heteroatoms. The van der Waals surface area contributed by atoms with Crippen LogP contribution < -0.4 is 10.6 Å². The quantitative estimate of drug-likeness (QED) is 0.492. The van der Waals surface area contributed by atoms with Crippen molar-refractivity contribution in [3.8, 4) is 0 Å². The molecule has 0 saturated carbocycles. The number of aryl methyl sites for hydroxylation is 1. The highest BCUT2D eigenvalue weighted by molar-refractivity contribution is 5.79. The lowest BCUT2D eigenvalue weighted by atomic mass is 10.1. The lowest BCUT2D eigenvalue weighted by Gasteiger charge is -2.14. The van der Waals surface area contributed by atoms with Gasteiger partial charge in [-0.3, -0.25) is 4.68 Å². The van der Waals surface area contributed by atoms with Gasteiger partial charge in [-0.15, -0.1) is 0 Å². The van der Waals surface area contributed by atoms with Crippen molar-refractivity contribution in [2.45, 2.75) is 26.2 Å². The molecule has 1 heterocycles. The summed E-state index contributed by atoms with van der Waals surface area (Å²) >= 11 is 0. The van der Waals surface area contributed by atoms with Crippen molar-refractivity contribution in [3.05, 3.63) is 53.1 Å². The van der Waals surface area contributed by atoms with Crippen LogP contribution in [-0.4, -0.2) is 22.3 Å². The summed E-state index contributed by atoms with van der Waals surface area (Å²) in [6.45, 7) is 2.58. The van der Waals surface area contributed by atoms with Crippen LogP contribution in [0.5, 0.6) is 0 Å². The maximum atomic E-state index is 13.1. The molecule has 0 bridgehead atoms. The Morgan fingerprint density at radius 2 is 2.00 bits per heavy atom. The van der Waals surface area contributed by atoms with E-state index in [1.54, 1.807) is 17.9 Å². The van der Waals surface area contributed by atoms with Gasteiger partial charge in [-0.05, 0) is 30.7 Å². The van der Waals surface area contributed by atoms with E-state index in [9.17, 15) is 17.6 Å². The molecule has 1 aromatic heterocycles. The normalized spacial score (nSPS) is 12.3. The van der Waals surface area contributed by atoms with Crippen LogP contribution in [0.25, 0.3) is 0 Å². The van der Waals surface area contributed by atoms with E-state index in [0.29, 0.717) is 25.1 Å². The summed E-state index contributed by atoms with van der Waals surface area (Å²) in [4.78, 5) is 4.16. The van der Waals surface area contributed by atoms with E-state index in [0.717, 1.165) is 17.8 Å². The Morgan fingerprint density at radius 3 is 2.60 bits per heavy atom. The number of rotatable bonds is 5. The van der Waals surface area contributed by atoms with Gasteiger partial charge in [0.2, 0.25) is 0 Å². The van der Waals surface area contributed by atoms with Crippen LogP contribution >= 0.6 is 0 Å². The number of alkyl halides is 3. The summed E-state index contributed by atoms with van der Waals surface area (Å²) < 4.78 is 53.9. The molecule has 0 aliphatic carbocycles. The van der Waals surface area contributed by atoms with Crippen LogP contribution in [-0.2, 0) is 26.3 Å². The van der Waals surface area contributed by atoms with Crippen LogP contribution in [0, 0.1) is 5.82 Å². The molecule has 136 valence electrons. The molecule has 0 spiro atoms. The number of hydrogen-bond acceptors (Lipinski definition) is 2. The van der Waals surface area contributed by atoms with Crippen LogP contribution in [0.3, 0.4) is 0 Å². The van der Waals surface area contributed by atoms with Gasteiger partial charge in [0, 0.05) is 19.8 Å². The van der Waals surface area contributed by atoms with Crippen molar-refractivity contribution in [2.75, 3.05) is 6.54 Å². The van der Waals surface area contributed by atoms with E-state index in [1.807, 2.05) is 13.0 Å². The minimum atomic E-state index is -4.63. The van der Waals surface area contributed by atoms with Crippen LogP contribution in [0.1, 0.15) is 23.7 Å². The van der Waals surface area contributed by atoms with E-state index in [-0.39, 0.29) is 12.1 Å². The highest BCUT2D eigenvalue weighted by atomic mass is 19.4. The van der Waals surface area contributed by atoms with E-state index >= 15 is 0 Å². The van der Waals surface area contributed by atoms with Gasteiger partial charge in [-0.2, -0.15) is 18.3 Å². The predicted octanol–water partition coefficient (Wildman–Crippen LogP) is 2.83. The molecule has 2 N–H and O–H groups in total. The Balaban J connectivity index is 2.14. The zero-order valence-corrected chi connectivity index (χ0v) is 13.9. The first-order valence-electron chi connectivity index (χ1n) is 7.66. The highest BCUT2D eigenvalue weighted by Crippen LogP contribution is 2.32. The third-order valence-corrected chi connectivity index (χ3v) is 3.49. The van der Waals surface area contributed by atoms with Gasteiger partial charge >= 0.3 is 6.18 Å². The monoisotopic (exact) mass is 357 g/mol. The maximum absolute atomic E-state index is 13.1. The molecule has 0 amide bonds. The molecule has 0 atom stereocenters. The molecular formula is C16H19F4N5. The zero-order chi connectivity index (χ0) is 18.4. The van der Waals surface area contributed by atoms with Gasteiger partial charge in [-0.1, -0.05) is 6.07 Å². The number of halogens is 4. The second kappa shape index (κ2) is 8.00. The van der Waals surface area contributed by atoms with Crippen LogP contribution in [0.15, 0.2) is 35.5 Å². The third kappa shape index (κ3) is 5.20. The minimum absolute atomic E-state index is 0.0911. The first-order chi connectivity index (χ1) is 11.8. The largest absolute Gasteiger partial charge is 0.416 e. The number of aromatic nitrogens is 2. The first kappa shape index (κ1) is 18.8. The average Bonchev–Trinajstić information content (AvgIpc) is 2.95. The fourth-order valence-corrected chi connectivity index (χ4v) is 2.21. The Labute approximate surface area is 142 Å². The van der Waals surface area contributed by atoms with Crippen molar-refractivity contribution in [3.63, 3.8) is 0 Å². The highest BCUT2D eigenvalue weighted by Gasteiger charge is 2.33. The molecule has 0 unspecified atom stereocenters. The number of nitrogens with zero attached hydrogens (tertiary/aromatic N) is 3. The topological polar surface area (TPSA) is 54.2 Å². The van der Waals surface area contributed by atoms with Crippen LogP contribution in [0.4, 0.5) is 17.6 Å². The van der Waals surface area contributed by atoms with Gasteiger partial charge < -0.3 is 10.6 Å². The Kier molecular flexibility index (Phi) is 6.00. The number of benzene rings is 1. The molecule has 0 aliphatic heterocycles. The Bertz CT molecular complexity index is 736. The molecule has 0 fully saturated rings. The molecule has 0 radical (unpaired) electrons. The predicted molar refractivity (Wildman–Crippen MR) is 86.3 cm³/mol. The minimum Gasteiger partial charge on any atom is -0.357 e. The number of nitrogens with one attached hydrogen (secondary N) is 2. The van der Waals surface area contributed by atoms with Gasteiger partial charge in [0.15, 0.2) is 5.96 Å². The standard InChI is InChI=1S/C16H19F4N5/c1-3-21-15(23-10-13-6-7-24-25(13)2)22-9-11-4-5-12(17)8-14(11)16(18,19)20/h4-8H,3,9-10H2,1-2H3,(H2,21,22,23). The van der Waals surface area contributed by atoms with Crippen LogP contribution in [0.2, 0.25) is 0 Å². The van der Waals surface area contributed by atoms with Crippen molar-refractivity contribution >= 4 is 5.96 Å². The molecule has 0 saturated heterocycles. The molecule has 5 nitrogen and oxygen atoms in total. The van der Waals surface area contributed by atoms with Gasteiger partial charge in [0.25, 0.3) is 0 Å². The molecule has 2 rings (SSSR count). The van der Waals surface area contributed by atoms with E-state index in [1.165, 1.54) is 0 Å². The molecule has 25 heavy (non-hydrogen) atoms. The van der Waals surface area contributed by atoms with E-state index in [2.05, 4.69) is 20.7 Å². The average molecular weight is 357 g/mol. The van der Waals surface area contributed by atoms with E-state index < -0.39 is 17.6 Å². The summed E-state index contributed by atoms with van der Waals surface area (Å²) in [5, 5.41) is 10.0. The second-order valence-electron chi connectivity index (χ2n) is 5.29. The molecule has 2 aromatic rings. The van der Waals surface area contributed by atoms with E-state index in [4.69, 9.17) is 0 Å². The summed E-state index contributed by atoms with van der Waals surface area (Å²) in [6, 6.07) is 4.40. The molecule has 1 aromatic carbocycles. The SMILES string of the molecule is CCNC(=NCc1ccc(F)cc1C(F)(F)F)NCc1ccnn1C. The van der Waals surface area contributed by atoms with Crippen molar-refractivity contribution < 1.29 is 17.6 Å². The number of guanidine groups is 1. The Hall–Kier alpha value is -2.58. The fourth-order valence-electron chi connectivity index (χ4n) is 2.21. The molecular weight excluding hydrogens is 338 g/mol. The van der Waals surface area contributed by atoms with Gasteiger partial charge in [-0.25, -0.2) is 9.38 Å². The summed E-state index contributed by atoms with van der Waals surface area (Å²) in [6.07, 6.45) is -2.98. The number of hydrogen-bond donors (Lipinski definition) is 2. The van der Waals surface area contributed by atoms with Gasteiger partial charge in [0.05, 0.1) is 24.3 Å². The summed E-state index contributed by atoms with van der Waals surface area (Å²) in [7, 11) is 1.79. The smallest absolute Gasteiger partial charge is 0.357 e.